The SMILES string of the molecule is CC(COc1ccc(C(=O)c2ccc(N=C=S)cc2)cc1)C(=O)O. The second-order valence-electron chi connectivity index (χ2n) is 5.15. The molecule has 122 valence electrons. The molecule has 0 aliphatic carbocycles. The van der Waals surface area contributed by atoms with E-state index in [2.05, 4.69) is 22.4 Å². The first-order chi connectivity index (χ1) is 11.5. The Labute approximate surface area is 144 Å². The maximum Gasteiger partial charge on any atom is 0.309 e. The van der Waals surface area contributed by atoms with Crippen LogP contribution in [0.4, 0.5) is 5.69 Å². The fraction of sp³-hybridized carbons (Fsp3) is 0.167. The smallest absolute Gasteiger partial charge is 0.309 e. The molecule has 0 radical (unpaired) electrons. The molecule has 6 heteroatoms. The van der Waals surface area contributed by atoms with E-state index in [1.165, 1.54) is 0 Å². The van der Waals surface area contributed by atoms with E-state index in [0.29, 0.717) is 22.6 Å². The van der Waals surface area contributed by atoms with Crippen molar-refractivity contribution in [2.75, 3.05) is 6.61 Å². The molecule has 0 fully saturated rings. The lowest BCUT2D eigenvalue weighted by atomic mass is 10.0. The molecule has 0 heterocycles. The lowest BCUT2D eigenvalue weighted by molar-refractivity contribution is -0.142. The molecule has 0 saturated carbocycles. The van der Waals surface area contributed by atoms with Crippen molar-refractivity contribution in [3.8, 4) is 5.75 Å². The van der Waals surface area contributed by atoms with Gasteiger partial charge in [-0.1, -0.05) is 0 Å². The molecule has 0 spiro atoms. The number of nitrogens with zero attached hydrogens (tertiary/aromatic N) is 1. The Kier molecular flexibility index (Phi) is 5.95. The fourth-order valence-electron chi connectivity index (χ4n) is 1.90. The number of isothiocyanates is 1. The van der Waals surface area contributed by atoms with Gasteiger partial charge >= 0.3 is 5.97 Å². The van der Waals surface area contributed by atoms with Crippen molar-refractivity contribution in [3.63, 3.8) is 0 Å². The molecule has 5 nitrogen and oxygen atoms in total. The minimum atomic E-state index is -0.914. The van der Waals surface area contributed by atoms with E-state index in [1.807, 2.05) is 0 Å². The normalized spacial score (nSPS) is 11.2. The predicted molar refractivity (Wildman–Crippen MR) is 93.3 cm³/mol. The molecule has 0 bridgehead atoms. The molecular formula is C18H15NO4S. The van der Waals surface area contributed by atoms with Crippen LogP contribution in [0.15, 0.2) is 53.5 Å². The molecule has 0 aromatic heterocycles. The van der Waals surface area contributed by atoms with Crippen molar-refractivity contribution in [2.45, 2.75) is 6.92 Å². The number of carboxylic acid groups (broad SMARTS) is 1. The van der Waals surface area contributed by atoms with Gasteiger partial charge in [-0.3, -0.25) is 9.59 Å². The van der Waals surface area contributed by atoms with E-state index in [1.54, 1.807) is 55.5 Å². The molecule has 0 aliphatic heterocycles. The first kappa shape index (κ1) is 17.5. The second-order valence-corrected chi connectivity index (χ2v) is 5.34. The summed E-state index contributed by atoms with van der Waals surface area (Å²) in [4.78, 5) is 27.0. The molecule has 2 aromatic carbocycles. The monoisotopic (exact) mass is 341 g/mol. The van der Waals surface area contributed by atoms with Crippen LogP contribution in [-0.2, 0) is 4.79 Å². The van der Waals surface area contributed by atoms with E-state index >= 15 is 0 Å². The third-order valence-electron chi connectivity index (χ3n) is 3.34. The highest BCUT2D eigenvalue weighted by Crippen LogP contribution is 2.18. The molecule has 1 N–H and O–H groups in total. The highest BCUT2D eigenvalue weighted by atomic mass is 32.1. The van der Waals surface area contributed by atoms with Crippen LogP contribution in [0.25, 0.3) is 0 Å². The number of hydrogen-bond acceptors (Lipinski definition) is 5. The second kappa shape index (κ2) is 8.15. The number of ketones is 1. The van der Waals surface area contributed by atoms with Crippen LogP contribution in [0.2, 0.25) is 0 Å². The van der Waals surface area contributed by atoms with Gasteiger partial charge in [0.1, 0.15) is 12.4 Å². The van der Waals surface area contributed by atoms with Gasteiger partial charge in [-0.2, -0.15) is 4.99 Å². The van der Waals surface area contributed by atoms with E-state index in [9.17, 15) is 9.59 Å². The van der Waals surface area contributed by atoms with Gasteiger partial charge < -0.3 is 9.84 Å². The van der Waals surface area contributed by atoms with E-state index in [4.69, 9.17) is 9.84 Å². The van der Waals surface area contributed by atoms with Crippen LogP contribution in [0.1, 0.15) is 22.8 Å². The maximum absolute atomic E-state index is 12.4. The Morgan fingerprint density at radius 1 is 1.12 bits per heavy atom. The lowest BCUT2D eigenvalue weighted by Crippen LogP contribution is -2.17. The van der Waals surface area contributed by atoms with Crippen molar-refractivity contribution < 1.29 is 19.4 Å². The molecule has 2 rings (SSSR count). The van der Waals surface area contributed by atoms with Gasteiger partial charge in [-0.25, -0.2) is 0 Å². The third kappa shape index (κ3) is 4.59. The number of aliphatic carboxylic acids is 1. The summed E-state index contributed by atoms with van der Waals surface area (Å²) < 4.78 is 5.39. The lowest BCUT2D eigenvalue weighted by Gasteiger charge is -2.09. The van der Waals surface area contributed by atoms with Gasteiger partial charge in [0.05, 0.1) is 16.8 Å². The van der Waals surface area contributed by atoms with Crippen LogP contribution >= 0.6 is 12.2 Å². The third-order valence-corrected chi connectivity index (χ3v) is 3.43. The summed E-state index contributed by atoms with van der Waals surface area (Å²) in [6, 6.07) is 13.3. The average molecular weight is 341 g/mol. The summed E-state index contributed by atoms with van der Waals surface area (Å²) in [6.45, 7) is 1.64. The minimum absolute atomic E-state index is 0.0739. The van der Waals surface area contributed by atoms with E-state index in [0.717, 1.165) is 0 Å². The molecule has 24 heavy (non-hydrogen) atoms. The van der Waals surface area contributed by atoms with Crippen molar-refractivity contribution in [3.05, 3.63) is 59.7 Å². The summed E-state index contributed by atoms with van der Waals surface area (Å²) in [5.74, 6) is -1.12. The molecule has 0 saturated heterocycles. The molecule has 0 aliphatic rings. The van der Waals surface area contributed by atoms with Gasteiger partial charge in [0.2, 0.25) is 0 Å². The Balaban J connectivity index is 2.05. The zero-order chi connectivity index (χ0) is 17.5. The summed E-state index contributed by atoms with van der Waals surface area (Å²) in [5, 5.41) is 11.1. The first-order valence-corrected chi connectivity index (χ1v) is 7.60. The highest BCUT2D eigenvalue weighted by Gasteiger charge is 2.12. The number of carboxylic acids is 1. The summed E-state index contributed by atoms with van der Waals surface area (Å²) in [5.41, 5.74) is 1.68. The van der Waals surface area contributed by atoms with Gasteiger partial charge in [0, 0.05) is 11.1 Å². The largest absolute Gasteiger partial charge is 0.493 e. The van der Waals surface area contributed by atoms with Crippen molar-refractivity contribution >= 4 is 34.8 Å². The van der Waals surface area contributed by atoms with Crippen LogP contribution < -0.4 is 4.74 Å². The Bertz CT molecular complexity index is 778. The van der Waals surface area contributed by atoms with Crippen LogP contribution in [-0.4, -0.2) is 28.6 Å². The number of hydrogen-bond donors (Lipinski definition) is 1. The Morgan fingerprint density at radius 3 is 2.17 bits per heavy atom. The minimum Gasteiger partial charge on any atom is -0.493 e. The summed E-state index contributed by atoms with van der Waals surface area (Å²) in [7, 11) is 0. The van der Waals surface area contributed by atoms with Crippen molar-refractivity contribution in [2.24, 2.45) is 10.9 Å². The predicted octanol–water partition coefficient (Wildman–Crippen LogP) is 3.75. The zero-order valence-corrected chi connectivity index (χ0v) is 13.7. The fourth-order valence-corrected chi connectivity index (χ4v) is 2.01. The van der Waals surface area contributed by atoms with Crippen LogP contribution in [0, 0.1) is 5.92 Å². The van der Waals surface area contributed by atoms with E-state index in [-0.39, 0.29) is 12.4 Å². The molecule has 1 unspecified atom stereocenters. The maximum atomic E-state index is 12.4. The topological polar surface area (TPSA) is 76.0 Å². The Hall–Kier alpha value is -2.82. The molecule has 2 aromatic rings. The van der Waals surface area contributed by atoms with Gasteiger partial charge in [0.25, 0.3) is 0 Å². The van der Waals surface area contributed by atoms with Crippen LogP contribution in [0.3, 0.4) is 0 Å². The number of benzene rings is 2. The number of carbonyl (C=O) groups is 2. The van der Waals surface area contributed by atoms with Crippen molar-refractivity contribution in [1.82, 2.24) is 0 Å². The standard InChI is InChI=1S/C18H15NO4S/c1-12(18(21)22)10-23-16-8-4-14(5-9-16)17(20)13-2-6-15(7-3-13)19-11-24/h2-9,12H,10H2,1H3,(H,21,22). The average Bonchev–Trinajstić information content (AvgIpc) is 2.60. The number of aliphatic imine (C=N–C) groups is 1. The van der Waals surface area contributed by atoms with Gasteiger partial charge in [0.15, 0.2) is 5.78 Å². The number of carbonyl (C=O) groups excluding carboxylic acids is 1. The number of ether oxygens (including phenoxy) is 1. The summed E-state index contributed by atoms with van der Waals surface area (Å²) >= 11 is 4.53. The highest BCUT2D eigenvalue weighted by molar-refractivity contribution is 7.78. The quantitative estimate of drug-likeness (QED) is 0.471. The van der Waals surface area contributed by atoms with Gasteiger partial charge in [-0.15, -0.1) is 0 Å². The van der Waals surface area contributed by atoms with E-state index < -0.39 is 11.9 Å². The zero-order valence-electron chi connectivity index (χ0n) is 12.9. The molecular weight excluding hydrogens is 326 g/mol. The molecule has 0 amide bonds. The number of rotatable bonds is 7. The number of thiocarbonyl (C=S) groups is 1. The first-order valence-electron chi connectivity index (χ1n) is 7.19. The van der Waals surface area contributed by atoms with Crippen molar-refractivity contribution in [1.29, 1.82) is 0 Å². The Morgan fingerprint density at radius 2 is 1.67 bits per heavy atom. The molecule has 1 atom stereocenters. The summed E-state index contributed by atoms with van der Waals surface area (Å²) in [6.07, 6.45) is 0. The van der Waals surface area contributed by atoms with Gasteiger partial charge in [-0.05, 0) is 67.7 Å². The van der Waals surface area contributed by atoms with Crippen LogP contribution in [0.5, 0.6) is 5.75 Å².